The second kappa shape index (κ2) is 6.92. The molecule has 5 nitrogen and oxygen atoms in total. The number of nitrogens with zero attached hydrogens (tertiary/aromatic N) is 3. The van der Waals surface area contributed by atoms with Crippen LogP contribution in [0.15, 0.2) is 58.6 Å². The zero-order valence-corrected chi connectivity index (χ0v) is 15.0. The van der Waals surface area contributed by atoms with Crippen LogP contribution in [0, 0.1) is 5.82 Å². The SMILES string of the molecule is CCCSC1=NN2C(=c3ccccc3=NC2c2ccc(F)cc2)C(=O)N1. The van der Waals surface area contributed by atoms with E-state index >= 15 is 0 Å². The van der Waals surface area contributed by atoms with Crippen molar-refractivity contribution in [2.45, 2.75) is 19.5 Å². The number of amides is 1. The van der Waals surface area contributed by atoms with Crippen LogP contribution in [0.1, 0.15) is 25.1 Å². The first kappa shape index (κ1) is 16.8. The molecule has 1 N–H and O–H groups in total. The molecule has 2 aromatic carbocycles. The molecule has 1 unspecified atom stereocenters. The molecule has 0 aliphatic carbocycles. The lowest BCUT2D eigenvalue weighted by molar-refractivity contribution is -0.116. The Morgan fingerprint density at radius 2 is 1.96 bits per heavy atom. The van der Waals surface area contributed by atoms with Crippen LogP contribution < -0.4 is 15.9 Å². The second-order valence-corrected chi connectivity index (χ2v) is 7.06. The van der Waals surface area contributed by atoms with Crippen molar-refractivity contribution in [3.63, 3.8) is 0 Å². The molecule has 132 valence electrons. The Hall–Kier alpha value is -2.67. The highest BCUT2D eigenvalue weighted by Gasteiger charge is 2.34. The van der Waals surface area contributed by atoms with Crippen molar-refractivity contribution in [1.29, 1.82) is 0 Å². The van der Waals surface area contributed by atoms with Gasteiger partial charge in [-0.2, -0.15) is 0 Å². The molecule has 0 aromatic heterocycles. The summed E-state index contributed by atoms with van der Waals surface area (Å²) in [7, 11) is 0. The molecule has 2 aromatic rings. The van der Waals surface area contributed by atoms with E-state index < -0.39 is 6.17 Å². The molecule has 2 aliphatic heterocycles. The number of amidine groups is 1. The summed E-state index contributed by atoms with van der Waals surface area (Å²) in [5, 5.41) is 11.2. The number of halogens is 1. The molecule has 1 amide bonds. The van der Waals surface area contributed by atoms with E-state index in [1.165, 1.54) is 23.9 Å². The van der Waals surface area contributed by atoms with Gasteiger partial charge in [0.15, 0.2) is 11.3 Å². The second-order valence-electron chi connectivity index (χ2n) is 5.97. The van der Waals surface area contributed by atoms with Gasteiger partial charge in [-0.3, -0.25) is 15.1 Å². The predicted molar refractivity (Wildman–Crippen MR) is 99.9 cm³/mol. The van der Waals surface area contributed by atoms with E-state index in [2.05, 4.69) is 17.3 Å². The average Bonchev–Trinajstić information content (AvgIpc) is 2.66. The highest BCUT2D eigenvalue weighted by atomic mass is 32.2. The number of benzene rings is 2. The first-order valence-electron chi connectivity index (χ1n) is 8.42. The normalized spacial score (nSPS) is 18.5. The summed E-state index contributed by atoms with van der Waals surface area (Å²) in [6.45, 7) is 2.07. The van der Waals surface area contributed by atoms with Crippen LogP contribution in [0.5, 0.6) is 0 Å². The molecule has 0 saturated carbocycles. The minimum absolute atomic E-state index is 0.201. The molecule has 0 radical (unpaired) electrons. The Labute approximate surface area is 154 Å². The monoisotopic (exact) mass is 368 g/mol. The molecule has 0 spiro atoms. The van der Waals surface area contributed by atoms with E-state index in [1.54, 1.807) is 17.1 Å². The molecule has 0 fully saturated rings. The number of para-hydroxylation sites is 1. The maximum atomic E-state index is 13.3. The Morgan fingerprint density at radius 1 is 1.19 bits per heavy atom. The number of fused-ring (bicyclic) bond motifs is 2. The fourth-order valence-electron chi connectivity index (χ4n) is 2.94. The number of nitrogens with one attached hydrogen (secondary N) is 1. The van der Waals surface area contributed by atoms with Crippen LogP contribution in [0.2, 0.25) is 0 Å². The lowest BCUT2D eigenvalue weighted by Gasteiger charge is -2.34. The van der Waals surface area contributed by atoms with Crippen LogP contribution in [0.4, 0.5) is 4.39 Å². The van der Waals surface area contributed by atoms with Gasteiger partial charge in [-0.25, -0.2) is 9.40 Å². The number of thioether (sulfide) groups is 1. The largest absolute Gasteiger partial charge is 0.298 e. The molecule has 0 saturated heterocycles. The van der Waals surface area contributed by atoms with Crippen molar-refractivity contribution in [1.82, 2.24) is 10.3 Å². The molecule has 4 rings (SSSR count). The quantitative estimate of drug-likeness (QED) is 0.903. The van der Waals surface area contributed by atoms with Crippen molar-refractivity contribution in [3.05, 3.63) is 70.5 Å². The van der Waals surface area contributed by atoms with E-state index in [1.807, 2.05) is 24.3 Å². The molecule has 2 heterocycles. The van der Waals surface area contributed by atoms with E-state index in [0.717, 1.165) is 28.3 Å². The molecule has 26 heavy (non-hydrogen) atoms. The van der Waals surface area contributed by atoms with Crippen molar-refractivity contribution in [2.24, 2.45) is 10.1 Å². The highest BCUT2D eigenvalue weighted by molar-refractivity contribution is 8.13. The summed E-state index contributed by atoms with van der Waals surface area (Å²) in [6, 6.07) is 13.6. The number of hydrazone groups is 1. The van der Waals surface area contributed by atoms with Crippen molar-refractivity contribution in [2.75, 3.05) is 5.75 Å². The summed E-state index contributed by atoms with van der Waals surface area (Å²) < 4.78 is 13.3. The smallest absolute Gasteiger partial charge is 0.276 e. The maximum absolute atomic E-state index is 13.3. The molecule has 2 aliphatic rings. The van der Waals surface area contributed by atoms with Gasteiger partial charge in [0.2, 0.25) is 0 Å². The lowest BCUT2D eigenvalue weighted by Crippen LogP contribution is -2.50. The van der Waals surface area contributed by atoms with Gasteiger partial charge in [-0.15, -0.1) is 5.10 Å². The topological polar surface area (TPSA) is 57.1 Å². The van der Waals surface area contributed by atoms with E-state index in [4.69, 9.17) is 4.99 Å². The maximum Gasteiger partial charge on any atom is 0.276 e. The Morgan fingerprint density at radius 3 is 2.73 bits per heavy atom. The minimum Gasteiger partial charge on any atom is -0.298 e. The first-order chi connectivity index (χ1) is 12.7. The zero-order chi connectivity index (χ0) is 18.1. The van der Waals surface area contributed by atoms with Gasteiger partial charge in [-0.05, 0) is 30.2 Å². The Kier molecular flexibility index (Phi) is 4.46. The van der Waals surface area contributed by atoms with Crippen LogP contribution in [0.3, 0.4) is 0 Å². The first-order valence-corrected chi connectivity index (χ1v) is 9.40. The van der Waals surface area contributed by atoms with E-state index in [0.29, 0.717) is 10.9 Å². The van der Waals surface area contributed by atoms with Gasteiger partial charge in [0.1, 0.15) is 11.5 Å². The van der Waals surface area contributed by atoms with Gasteiger partial charge in [0.05, 0.1) is 5.36 Å². The fourth-order valence-corrected chi connectivity index (χ4v) is 3.65. The molecular formula is C19H17FN4OS. The van der Waals surface area contributed by atoms with Gasteiger partial charge in [0, 0.05) is 11.0 Å². The third-order valence-corrected chi connectivity index (χ3v) is 5.20. The lowest BCUT2D eigenvalue weighted by atomic mass is 10.1. The molecule has 7 heteroatoms. The van der Waals surface area contributed by atoms with Crippen LogP contribution in [-0.4, -0.2) is 21.8 Å². The zero-order valence-electron chi connectivity index (χ0n) is 14.1. The van der Waals surface area contributed by atoms with Crippen LogP contribution >= 0.6 is 11.8 Å². The minimum atomic E-state index is -0.510. The fraction of sp³-hybridized carbons (Fsp3) is 0.211. The standard InChI is InChI=1S/C19H17FN4OS/c1-2-11-26-19-22-18(25)16-14-5-3-4-6-15(14)21-17(24(16)23-19)12-7-9-13(20)10-8-12/h3-10,17H,2,11H2,1H3,(H,22,23,25). The Balaban J connectivity index is 1.89. The summed E-state index contributed by atoms with van der Waals surface area (Å²) in [4.78, 5) is 17.6. The third-order valence-electron chi connectivity index (χ3n) is 4.13. The third kappa shape index (κ3) is 2.99. The van der Waals surface area contributed by atoms with Crippen molar-refractivity contribution >= 4 is 28.5 Å². The van der Waals surface area contributed by atoms with Crippen LogP contribution in [-0.2, 0) is 4.79 Å². The van der Waals surface area contributed by atoms with Crippen molar-refractivity contribution in [3.8, 4) is 0 Å². The van der Waals surface area contributed by atoms with E-state index in [-0.39, 0.29) is 11.7 Å². The Bertz CT molecular complexity index is 1000. The molecule has 1 atom stereocenters. The molecule has 0 bridgehead atoms. The van der Waals surface area contributed by atoms with Gasteiger partial charge in [0.25, 0.3) is 5.91 Å². The summed E-state index contributed by atoms with van der Waals surface area (Å²) >= 11 is 1.50. The summed E-state index contributed by atoms with van der Waals surface area (Å²) in [5.74, 6) is 0.346. The van der Waals surface area contributed by atoms with Gasteiger partial charge >= 0.3 is 0 Å². The number of hydrogen-bond donors (Lipinski definition) is 1. The highest BCUT2D eigenvalue weighted by Crippen LogP contribution is 2.30. The number of carbonyl (C=O) groups excluding carboxylic acids is 1. The summed E-state index contributed by atoms with van der Waals surface area (Å²) in [5.41, 5.74) is 1.24. The van der Waals surface area contributed by atoms with E-state index in [9.17, 15) is 9.18 Å². The van der Waals surface area contributed by atoms with Crippen LogP contribution in [0.25, 0.3) is 5.70 Å². The van der Waals surface area contributed by atoms with Gasteiger partial charge < -0.3 is 0 Å². The number of rotatable bonds is 3. The molecular weight excluding hydrogens is 351 g/mol. The number of carbonyl (C=O) groups is 1. The van der Waals surface area contributed by atoms with Crippen molar-refractivity contribution < 1.29 is 9.18 Å². The summed E-state index contributed by atoms with van der Waals surface area (Å²) in [6.07, 6.45) is 0.467. The number of hydrogen-bond acceptors (Lipinski definition) is 5. The predicted octanol–water partition coefficient (Wildman–Crippen LogP) is 2.11. The average molecular weight is 368 g/mol. The van der Waals surface area contributed by atoms with Gasteiger partial charge in [-0.1, -0.05) is 49.0 Å².